The Kier molecular flexibility index (Phi) is 22.1. The van der Waals surface area contributed by atoms with Crippen LogP contribution in [0, 0.1) is 20.5 Å². The summed E-state index contributed by atoms with van der Waals surface area (Å²) in [6, 6.07) is 0. The quantitative estimate of drug-likeness (QED) is 0.384. The molecule has 12 heteroatoms. The van der Waals surface area contributed by atoms with E-state index in [1.807, 2.05) is 0 Å². The summed E-state index contributed by atoms with van der Waals surface area (Å²) >= 11 is 0. The van der Waals surface area contributed by atoms with Gasteiger partial charge < -0.3 is 10.6 Å². The summed E-state index contributed by atoms with van der Waals surface area (Å²) in [4.78, 5) is 0. The van der Waals surface area contributed by atoms with E-state index >= 15 is 0 Å². The number of quaternary nitrogens is 2. The van der Waals surface area contributed by atoms with Gasteiger partial charge in [-0.05, 0) is 25.7 Å². The van der Waals surface area contributed by atoms with Crippen LogP contribution in [0.15, 0.2) is 0 Å². The first kappa shape index (κ1) is 31.9. The largest absolute Gasteiger partial charge is 0.369 e. The molecule has 152 valence electrons. The molecule has 0 aromatic carbocycles. The van der Waals surface area contributed by atoms with Gasteiger partial charge in [0.25, 0.3) is 0 Å². The third-order valence-corrected chi connectivity index (χ3v) is 2.79. The molecular weight excluding hydrogens is 371 g/mol. The maximum absolute atomic E-state index is 8.49. The van der Waals surface area contributed by atoms with Gasteiger partial charge in [-0.25, -0.2) is 37.3 Å². The fraction of sp³-hybridized carbons (Fsp3) is 1.00. The van der Waals surface area contributed by atoms with Crippen LogP contribution in [0.1, 0.15) is 53.4 Å². The van der Waals surface area contributed by atoms with E-state index in [-0.39, 0.29) is 6.15 Å². The van der Waals surface area contributed by atoms with Crippen LogP contribution in [0.25, 0.3) is 0 Å². The Morgan fingerprint density at radius 3 is 0.708 bits per heavy atom. The molecule has 0 aromatic heterocycles. The first-order valence-electron chi connectivity index (χ1n) is 7.33. The van der Waals surface area contributed by atoms with Crippen molar-refractivity contribution in [3.05, 3.63) is 0 Å². The summed E-state index contributed by atoms with van der Waals surface area (Å²) in [5.41, 5.74) is 0. The van der Waals surface area contributed by atoms with Crippen LogP contribution in [0.4, 0.5) is 0 Å². The lowest BCUT2D eigenvalue weighted by Gasteiger charge is -2.38. The molecule has 0 atom stereocenters. The molecule has 0 rings (SSSR count). The topological polar surface area (TPSA) is 221 Å². The molecule has 0 fully saturated rings. The van der Waals surface area contributed by atoms with Gasteiger partial charge in [0.05, 0.1) is 26.2 Å². The van der Waals surface area contributed by atoms with E-state index in [0.717, 1.165) is 0 Å². The predicted molar refractivity (Wildman–Crippen MR) is 66.9 cm³/mol. The van der Waals surface area contributed by atoms with E-state index in [1.165, 1.54) is 56.3 Å². The van der Waals surface area contributed by atoms with Crippen LogP contribution in [0.2, 0.25) is 0 Å². The van der Waals surface area contributed by atoms with Crippen molar-refractivity contribution in [3.63, 3.8) is 0 Å². The maximum Gasteiger partial charge on any atom is 0.0783 e. The van der Waals surface area contributed by atoms with E-state index in [9.17, 15) is 0 Å². The molecule has 0 saturated carbocycles. The van der Waals surface area contributed by atoms with Gasteiger partial charge >= 0.3 is 0 Å². The van der Waals surface area contributed by atoms with E-state index in [1.54, 1.807) is 0 Å². The van der Waals surface area contributed by atoms with Crippen molar-refractivity contribution < 1.29 is 62.2 Å². The highest BCUT2D eigenvalue weighted by molar-refractivity contribution is 4.43. The van der Waals surface area contributed by atoms with Crippen molar-refractivity contribution >= 4 is 0 Å². The van der Waals surface area contributed by atoms with Crippen molar-refractivity contribution in [2.45, 2.75) is 53.4 Å². The highest BCUT2D eigenvalue weighted by Gasteiger charge is 2.22. The summed E-state index contributed by atoms with van der Waals surface area (Å²) in [5, 5.41) is 0. The molecule has 0 spiro atoms. The van der Waals surface area contributed by atoms with Crippen LogP contribution in [-0.2, 0) is 0 Å². The molecule has 0 heterocycles. The molecule has 0 aliphatic heterocycles. The maximum atomic E-state index is 8.49. The summed E-state index contributed by atoms with van der Waals surface area (Å²) in [6.45, 7) is 14.8. The standard InChI is InChI=1S/C12H28N.2ClHO4.H3N/c1-5-9-13(10-6-2,11-7-3)12-8-4;2*2-1(3,4)5;/h5-12H2,1-4H3;2*(H,2,3,4,5);1H3/q+1;;;/p-1. The highest BCUT2D eigenvalue weighted by atomic mass is 35.7. The lowest BCUT2D eigenvalue weighted by molar-refractivity contribution is -2.00. The summed E-state index contributed by atoms with van der Waals surface area (Å²) in [7, 11) is -9.89. The summed E-state index contributed by atoms with van der Waals surface area (Å²) < 4.78 is 69.3. The van der Waals surface area contributed by atoms with Gasteiger partial charge in [-0.1, -0.05) is 27.7 Å². The van der Waals surface area contributed by atoms with E-state index in [2.05, 4.69) is 27.7 Å². The molecule has 0 unspecified atom stereocenters. The van der Waals surface area contributed by atoms with Crippen molar-refractivity contribution in [3.8, 4) is 0 Å². The Balaban J connectivity index is -0.000000151. The molecule has 10 nitrogen and oxygen atoms in total. The predicted octanol–water partition coefficient (Wildman–Crippen LogP) is -5.69. The second kappa shape index (κ2) is 16.6. The number of nitrogens with zero attached hydrogens (tertiary/aromatic N) is 1. The van der Waals surface area contributed by atoms with Gasteiger partial charge in [0.1, 0.15) is 0 Å². The van der Waals surface area contributed by atoms with E-state index < -0.39 is 20.5 Å². The first-order chi connectivity index (χ1) is 10.2. The van der Waals surface area contributed by atoms with Crippen LogP contribution in [0.3, 0.4) is 0 Å². The summed E-state index contributed by atoms with van der Waals surface area (Å²) in [5.74, 6) is 0. The molecule has 0 bridgehead atoms. The second-order valence-electron chi connectivity index (χ2n) is 4.99. The smallest absolute Gasteiger partial charge is 0.0783 e. The Morgan fingerprint density at radius 1 is 0.500 bits per heavy atom. The van der Waals surface area contributed by atoms with Gasteiger partial charge in [-0.15, -0.1) is 20.5 Å². The molecular formula is C12H32Cl2N2O8. The Hall–Kier alpha value is 0.180. The molecule has 0 amide bonds. The van der Waals surface area contributed by atoms with Gasteiger partial charge in [0, 0.05) is 0 Å². The third-order valence-electron chi connectivity index (χ3n) is 2.79. The summed E-state index contributed by atoms with van der Waals surface area (Å²) in [6.07, 6.45) is 5.33. The van der Waals surface area contributed by atoms with Gasteiger partial charge in [0.15, 0.2) is 0 Å². The zero-order chi connectivity index (χ0) is 19.2. The normalized spacial score (nSPS) is 11.5. The average molecular weight is 403 g/mol. The molecule has 0 saturated heterocycles. The molecule has 0 radical (unpaired) electrons. The number of halogens is 2. The fourth-order valence-electron chi connectivity index (χ4n) is 2.57. The van der Waals surface area contributed by atoms with Crippen molar-refractivity contribution in [1.29, 1.82) is 0 Å². The Bertz CT molecular complexity index is 209. The zero-order valence-electron chi connectivity index (χ0n) is 15.1. The number of hydrogen-bond donors (Lipinski definition) is 1. The van der Waals surface area contributed by atoms with Crippen molar-refractivity contribution in [2.75, 3.05) is 26.2 Å². The zero-order valence-corrected chi connectivity index (χ0v) is 16.6. The van der Waals surface area contributed by atoms with Crippen LogP contribution in [0.5, 0.6) is 0 Å². The van der Waals surface area contributed by atoms with Gasteiger partial charge in [-0.3, -0.25) is 0 Å². The van der Waals surface area contributed by atoms with E-state index in [4.69, 9.17) is 37.3 Å². The van der Waals surface area contributed by atoms with Crippen molar-refractivity contribution in [2.24, 2.45) is 0 Å². The lowest BCUT2D eigenvalue weighted by atomic mass is 10.2. The molecule has 4 N–H and O–H groups in total. The number of rotatable bonds is 8. The molecule has 24 heavy (non-hydrogen) atoms. The molecule has 0 aliphatic rings. The third kappa shape index (κ3) is 38.0. The molecule has 0 aromatic rings. The monoisotopic (exact) mass is 402 g/mol. The second-order valence-corrected chi connectivity index (χ2v) is 6.50. The minimum atomic E-state index is -4.94. The van der Waals surface area contributed by atoms with Crippen LogP contribution in [-0.4, -0.2) is 30.7 Å². The van der Waals surface area contributed by atoms with Gasteiger partial charge in [-0.2, -0.15) is 0 Å². The van der Waals surface area contributed by atoms with Gasteiger partial charge in [0.2, 0.25) is 0 Å². The minimum Gasteiger partial charge on any atom is -0.369 e. The van der Waals surface area contributed by atoms with E-state index in [0.29, 0.717) is 0 Å². The van der Waals surface area contributed by atoms with Crippen LogP contribution >= 0.6 is 0 Å². The fourth-order valence-corrected chi connectivity index (χ4v) is 2.57. The van der Waals surface area contributed by atoms with Crippen LogP contribution < -0.4 is 43.4 Å². The molecule has 0 aliphatic carbocycles. The average Bonchev–Trinajstić information content (AvgIpc) is 2.25. The Morgan fingerprint density at radius 2 is 0.625 bits per heavy atom. The SMILES string of the molecule is CCC[N+](CCC)(CCC)CCC.[NH4+].[O-][Cl+3]([O-])([O-])[O-].[O-][Cl+3]([O-])([O-])[O-]. The highest BCUT2D eigenvalue weighted by Crippen LogP contribution is 2.12. The number of hydrogen-bond acceptors (Lipinski definition) is 8. The lowest BCUT2D eigenvalue weighted by Crippen LogP contribution is -2.68. The Labute approximate surface area is 148 Å². The van der Waals surface area contributed by atoms with Crippen molar-refractivity contribution in [1.82, 2.24) is 6.15 Å². The first-order valence-corrected chi connectivity index (χ1v) is 9.80. The minimum absolute atomic E-state index is 0.